The zero-order valence-corrected chi connectivity index (χ0v) is 12.7. The van der Waals surface area contributed by atoms with Crippen LogP contribution in [-0.4, -0.2) is 8.42 Å². The van der Waals surface area contributed by atoms with Gasteiger partial charge in [0.1, 0.15) is 0 Å². The summed E-state index contributed by atoms with van der Waals surface area (Å²) >= 11 is 5.98. The molecule has 3 N–H and O–H groups in total. The molecular weight excluding hydrogens is 296 g/mol. The van der Waals surface area contributed by atoms with E-state index in [0.29, 0.717) is 16.9 Å². The standard InChI is InChI=1S/C14H15ClN2O2S/c1-9-3-6-14(10(2)7-9)20(18,19)17-13-5-4-11(16)8-12(13)15/h3-8,17H,16H2,1-2H3. The van der Waals surface area contributed by atoms with Crippen molar-refractivity contribution in [1.29, 1.82) is 0 Å². The highest BCUT2D eigenvalue weighted by Crippen LogP contribution is 2.27. The molecule has 106 valence electrons. The van der Waals surface area contributed by atoms with Crippen LogP contribution in [0.15, 0.2) is 41.3 Å². The van der Waals surface area contributed by atoms with Crippen molar-refractivity contribution in [2.45, 2.75) is 18.7 Å². The number of aryl methyl sites for hydroxylation is 2. The van der Waals surface area contributed by atoms with Crippen LogP contribution in [0.25, 0.3) is 0 Å². The monoisotopic (exact) mass is 310 g/mol. The van der Waals surface area contributed by atoms with Crippen LogP contribution in [0.4, 0.5) is 11.4 Å². The number of sulfonamides is 1. The summed E-state index contributed by atoms with van der Waals surface area (Å²) in [5.41, 5.74) is 8.05. The van der Waals surface area contributed by atoms with Gasteiger partial charge >= 0.3 is 0 Å². The van der Waals surface area contributed by atoms with Gasteiger partial charge in [-0.3, -0.25) is 4.72 Å². The van der Waals surface area contributed by atoms with Crippen LogP contribution in [0.5, 0.6) is 0 Å². The predicted octanol–water partition coefficient (Wildman–Crippen LogP) is 3.34. The van der Waals surface area contributed by atoms with E-state index in [2.05, 4.69) is 4.72 Å². The second-order valence-electron chi connectivity index (χ2n) is 4.61. The van der Waals surface area contributed by atoms with E-state index in [1.54, 1.807) is 31.2 Å². The third-order valence-electron chi connectivity index (χ3n) is 2.86. The molecule has 4 nitrogen and oxygen atoms in total. The molecule has 2 aromatic carbocycles. The van der Waals surface area contributed by atoms with Crippen molar-refractivity contribution >= 4 is 33.0 Å². The maximum absolute atomic E-state index is 12.4. The first kappa shape index (κ1) is 14.7. The third-order valence-corrected chi connectivity index (χ3v) is 4.70. The summed E-state index contributed by atoms with van der Waals surface area (Å²) in [5, 5.41) is 0.262. The Balaban J connectivity index is 2.41. The van der Waals surface area contributed by atoms with E-state index in [-0.39, 0.29) is 9.92 Å². The number of nitrogen functional groups attached to an aromatic ring is 1. The van der Waals surface area contributed by atoms with Crippen molar-refractivity contribution in [2.24, 2.45) is 0 Å². The quantitative estimate of drug-likeness (QED) is 0.854. The lowest BCUT2D eigenvalue weighted by Gasteiger charge is -2.12. The van der Waals surface area contributed by atoms with Crippen molar-refractivity contribution in [3.63, 3.8) is 0 Å². The van der Waals surface area contributed by atoms with Gasteiger partial charge in [0.15, 0.2) is 0 Å². The highest BCUT2D eigenvalue weighted by Gasteiger charge is 2.18. The molecule has 0 aliphatic rings. The van der Waals surface area contributed by atoms with E-state index >= 15 is 0 Å². The fourth-order valence-electron chi connectivity index (χ4n) is 1.91. The maximum Gasteiger partial charge on any atom is 0.262 e. The van der Waals surface area contributed by atoms with Gasteiger partial charge in [-0.15, -0.1) is 0 Å². The average Bonchev–Trinajstić information content (AvgIpc) is 2.32. The number of benzene rings is 2. The van der Waals surface area contributed by atoms with Crippen molar-refractivity contribution < 1.29 is 8.42 Å². The Labute approximate surface area is 123 Å². The fraction of sp³-hybridized carbons (Fsp3) is 0.143. The highest BCUT2D eigenvalue weighted by molar-refractivity contribution is 7.92. The number of rotatable bonds is 3. The van der Waals surface area contributed by atoms with Gasteiger partial charge in [0.25, 0.3) is 10.0 Å². The van der Waals surface area contributed by atoms with Gasteiger partial charge in [0.05, 0.1) is 15.6 Å². The van der Waals surface area contributed by atoms with E-state index < -0.39 is 10.0 Å². The summed E-state index contributed by atoms with van der Waals surface area (Å²) in [5.74, 6) is 0. The summed E-state index contributed by atoms with van der Waals surface area (Å²) in [6, 6.07) is 9.79. The van der Waals surface area contributed by atoms with Crippen LogP contribution in [0, 0.1) is 13.8 Å². The number of nitrogens with one attached hydrogen (secondary N) is 1. The molecule has 0 heterocycles. The first-order valence-electron chi connectivity index (χ1n) is 5.95. The Hall–Kier alpha value is -1.72. The van der Waals surface area contributed by atoms with E-state index in [0.717, 1.165) is 5.56 Å². The molecule has 0 radical (unpaired) electrons. The number of hydrogen-bond acceptors (Lipinski definition) is 3. The molecule has 0 fully saturated rings. The van der Waals surface area contributed by atoms with E-state index in [1.165, 1.54) is 6.07 Å². The zero-order valence-electron chi connectivity index (χ0n) is 11.1. The first-order valence-corrected chi connectivity index (χ1v) is 7.81. The Bertz CT molecular complexity index is 758. The number of anilines is 2. The molecule has 2 aromatic rings. The Morgan fingerprint density at radius 1 is 1.10 bits per heavy atom. The largest absolute Gasteiger partial charge is 0.399 e. The summed E-state index contributed by atoms with van der Waals surface area (Å²) < 4.78 is 27.2. The minimum absolute atomic E-state index is 0.232. The van der Waals surface area contributed by atoms with Crippen LogP contribution < -0.4 is 10.5 Å². The SMILES string of the molecule is Cc1ccc(S(=O)(=O)Nc2ccc(N)cc2Cl)c(C)c1. The zero-order chi connectivity index (χ0) is 14.9. The second kappa shape index (κ2) is 5.34. The molecule has 6 heteroatoms. The van der Waals surface area contributed by atoms with E-state index in [1.807, 2.05) is 13.0 Å². The minimum Gasteiger partial charge on any atom is -0.399 e. The second-order valence-corrected chi connectivity index (χ2v) is 6.67. The number of halogens is 1. The molecule has 0 unspecified atom stereocenters. The molecule has 0 bridgehead atoms. The Morgan fingerprint density at radius 3 is 2.40 bits per heavy atom. The van der Waals surface area contributed by atoms with Crippen molar-refractivity contribution in [2.75, 3.05) is 10.5 Å². The molecule has 0 amide bonds. The Morgan fingerprint density at radius 2 is 1.80 bits per heavy atom. The lowest BCUT2D eigenvalue weighted by atomic mass is 10.2. The first-order chi connectivity index (χ1) is 9.29. The van der Waals surface area contributed by atoms with Gasteiger partial charge in [-0.1, -0.05) is 29.3 Å². The van der Waals surface area contributed by atoms with Gasteiger partial charge in [0, 0.05) is 5.69 Å². The number of hydrogen-bond donors (Lipinski definition) is 2. The lowest BCUT2D eigenvalue weighted by molar-refractivity contribution is 0.600. The molecule has 2 rings (SSSR count). The van der Waals surface area contributed by atoms with Gasteiger partial charge in [-0.05, 0) is 43.7 Å². The molecule has 0 aromatic heterocycles. The molecule has 0 aliphatic carbocycles. The topological polar surface area (TPSA) is 72.2 Å². The lowest BCUT2D eigenvalue weighted by Crippen LogP contribution is -2.14. The van der Waals surface area contributed by atoms with E-state index in [9.17, 15) is 8.42 Å². The minimum atomic E-state index is -3.67. The van der Waals surface area contributed by atoms with Crippen LogP contribution in [0.2, 0.25) is 5.02 Å². The molecule has 20 heavy (non-hydrogen) atoms. The highest BCUT2D eigenvalue weighted by atomic mass is 35.5. The average molecular weight is 311 g/mol. The van der Waals surface area contributed by atoms with Crippen molar-refractivity contribution in [3.8, 4) is 0 Å². The van der Waals surface area contributed by atoms with E-state index in [4.69, 9.17) is 17.3 Å². The molecule has 0 aliphatic heterocycles. The summed E-state index contributed by atoms with van der Waals surface area (Å²) in [7, 11) is -3.67. The summed E-state index contributed by atoms with van der Waals surface area (Å²) in [4.78, 5) is 0.232. The third kappa shape index (κ3) is 3.05. The van der Waals surface area contributed by atoms with Gasteiger partial charge in [-0.25, -0.2) is 8.42 Å². The summed E-state index contributed by atoms with van der Waals surface area (Å²) in [6.07, 6.45) is 0. The van der Waals surface area contributed by atoms with Gasteiger partial charge in [0.2, 0.25) is 0 Å². The molecule has 0 saturated heterocycles. The van der Waals surface area contributed by atoms with Crippen LogP contribution >= 0.6 is 11.6 Å². The predicted molar refractivity (Wildman–Crippen MR) is 82.6 cm³/mol. The molecule has 0 saturated carbocycles. The van der Waals surface area contributed by atoms with Crippen LogP contribution in [-0.2, 0) is 10.0 Å². The van der Waals surface area contributed by atoms with Gasteiger partial charge in [-0.2, -0.15) is 0 Å². The maximum atomic E-state index is 12.4. The molecule has 0 spiro atoms. The van der Waals surface area contributed by atoms with Crippen LogP contribution in [0.3, 0.4) is 0 Å². The fourth-order valence-corrected chi connectivity index (χ4v) is 3.51. The van der Waals surface area contributed by atoms with Gasteiger partial charge < -0.3 is 5.73 Å². The number of nitrogens with two attached hydrogens (primary N) is 1. The molecule has 0 atom stereocenters. The smallest absolute Gasteiger partial charge is 0.262 e. The van der Waals surface area contributed by atoms with Crippen LogP contribution in [0.1, 0.15) is 11.1 Å². The molecular formula is C14H15ClN2O2S. The van der Waals surface area contributed by atoms with Crippen molar-refractivity contribution in [3.05, 3.63) is 52.5 Å². The normalized spacial score (nSPS) is 11.3. The van der Waals surface area contributed by atoms with Crippen molar-refractivity contribution in [1.82, 2.24) is 0 Å². The summed E-state index contributed by atoms with van der Waals surface area (Å²) in [6.45, 7) is 3.67. The Kier molecular flexibility index (Phi) is 3.92.